The second-order valence-corrected chi connectivity index (χ2v) is 7.22. The van der Waals surface area contributed by atoms with Gasteiger partial charge in [0.15, 0.2) is 0 Å². The van der Waals surface area contributed by atoms with Crippen LogP contribution >= 0.6 is 0 Å². The van der Waals surface area contributed by atoms with E-state index in [1.54, 1.807) is 31.5 Å². The molecule has 1 aliphatic heterocycles. The molecular formula is C22H28N4O4. The molecule has 1 aromatic carbocycles. The van der Waals surface area contributed by atoms with Crippen molar-refractivity contribution in [1.29, 1.82) is 0 Å². The third kappa shape index (κ3) is 5.27. The predicted octanol–water partition coefficient (Wildman–Crippen LogP) is 3.84. The van der Waals surface area contributed by atoms with E-state index in [1.165, 1.54) is 7.11 Å². The number of hydrogen-bond donors (Lipinski definition) is 3. The summed E-state index contributed by atoms with van der Waals surface area (Å²) in [4.78, 5) is 28.6. The standard InChI is InChI=1S/C22H28N4O4/c1-3-30-21(27)19-7-5-4-6-18(23)15-10-14(12-24-13-15)17-9-8-16(11-20(17)26-19)25-22(28)29-2/h8-13,18-19,26H,3-7,23H2,1-2H3,(H,25,28). The molecular weight excluding hydrogens is 384 g/mol. The Morgan fingerprint density at radius 2 is 2.03 bits per heavy atom. The number of carbonyl (C=O) groups is 2. The summed E-state index contributed by atoms with van der Waals surface area (Å²) >= 11 is 0. The van der Waals surface area contributed by atoms with Crippen LogP contribution in [0.15, 0.2) is 36.7 Å². The molecule has 30 heavy (non-hydrogen) atoms. The highest BCUT2D eigenvalue weighted by Gasteiger charge is 2.22. The van der Waals surface area contributed by atoms with E-state index in [2.05, 4.69) is 20.4 Å². The molecule has 2 atom stereocenters. The van der Waals surface area contributed by atoms with Crippen LogP contribution in [0.4, 0.5) is 16.2 Å². The maximum atomic E-state index is 12.6. The Balaban J connectivity index is 2.06. The van der Waals surface area contributed by atoms with Gasteiger partial charge in [-0.2, -0.15) is 0 Å². The van der Waals surface area contributed by atoms with Crippen LogP contribution in [0.5, 0.6) is 0 Å². The van der Waals surface area contributed by atoms with Crippen molar-refractivity contribution >= 4 is 23.4 Å². The highest BCUT2D eigenvalue weighted by molar-refractivity contribution is 5.90. The Morgan fingerprint density at radius 3 is 2.80 bits per heavy atom. The maximum absolute atomic E-state index is 12.6. The number of methoxy groups -OCH3 is 1. The minimum absolute atomic E-state index is 0.116. The monoisotopic (exact) mass is 412 g/mol. The third-order valence-electron chi connectivity index (χ3n) is 5.11. The number of nitrogens with one attached hydrogen (secondary N) is 2. The number of fused-ring (bicyclic) bond motifs is 4. The predicted molar refractivity (Wildman–Crippen MR) is 115 cm³/mol. The van der Waals surface area contributed by atoms with Crippen molar-refractivity contribution in [2.24, 2.45) is 5.73 Å². The largest absolute Gasteiger partial charge is 0.464 e. The number of pyridine rings is 1. The summed E-state index contributed by atoms with van der Waals surface area (Å²) in [6, 6.07) is 6.81. The van der Waals surface area contributed by atoms with Gasteiger partial charge in [-0.25, -0.2) is 9.59 Å². The number of nitrogens with two attached hydrogens (primary N) is 1. The summed E-state index contributed by atoms with van der Waals surface area (Å²) in [5.74, 6) is -0.303. The third-order valence-corrected chi connectivity index (χ3v) is 5.11. The Morgan fingerprint density at radius 1 is 1.23 bits per heavy atom. The normalized spacial score (nSPS) is 18.6. The number of hydrogen-bond acceptors (Lipinski definition) is 7. The highest BCUT2D eigenvalue weighted by atomic mass is 16.5. The van der Waals surface area contributed by atoms with Gasteiger partial charge in [0.2, 0.25) is 0 Å². The van der Waals surface area contributed by atoms with Crippen molar-refractivity contribution in [1.82, 2.24) is 4.98 Å². The van der Waals surface area contributed by atoms with Crippen LogP contribution in [0, 0.1) is 0 Å². The molecule has 2 heterocycles. The van der Waals surface area contributed by atoms with E-state index in [0.29, 0.717) is 24.4 Å². The molecule has 0 fully saturated rings. The first kappa shape index (κ1) is 21.6. The van der Waals surface area contributed by atoms with Crippen LogP contribution in [0.25, 0.3) is 11.1 Å². The van der Waals surface area contributed by atoms with Gasteiger partial charge in [0.05, 0.1) is 13.7 Å². The summed E-state index contributed by atoms with van der Waals surface area (Å²) in [5.41, 5.74) is 10.3. The zero-order valence-corrected chi connectivity index (χ0v) is 17.3. The molecule has 4 N–H and O–H groups in total. The Labute approximate surface area is 176 Å². The van der Waals surface area contributed by atoms with Crippen molar-refractivity contribution < 1.29 is 19.1 Å². The minimum Gasteiger partial charge on any atom is -0.464 e. The summed E-state index contributed by atoms with van der Waals surface area (Å²) in [7, 11) is 1.30. The number of anilines is 2. The fraction of sp³-hybridized carbons (Fsp3) is 0.409. The van der Waals surface area contributed by atoms with Crippen molar-refractivity contribution in [2.45, 2.75) is 44.7 Å². The lowest BCUT2D eigenvalue weighted by molar-refractivity contribution is -0.144. The van der Waals surface area contributed by atoms with Crippen LogP contribution in [-0.2, 0) is 14.3 Å². The molecule has 2 unspecified atom stereocenters. The van der Waals surface area contributed by atoms with Gasteiger partial charge in [-0.3, -0.25) is 10.3 Å². The summed E-state index contributed by atoms with van der Waals surface area (Å²) < 4.78 is 9.95. The highest BCUT2D eigenvalue weighted by Crippen LogP contribution is 2.33. The lowest BCUT2D eigenvalue weighted by Crippen LogP contribution is -2.32. The number of nitrogens with zero attached hydrogens (tertiary/aromatic N) is 1. The second-order valence-electron chi connectivity index (χ2n) is 7.22. The fourth-order valence-corrected chi connectivity index (χ4v) is 3.53. The molecule has 8 nitrogen and oxygen atoms in total. The van der Waals surface area contributed by atoms with E-state index in [0.717, 1.165) is 36.0 Å². The summed E-state index contributed by atoms with van der Waals surface area (Å²) in [6.45, 7) is 2.10. The summed E-state index contributed by atoms with van der Waals surface area (Å²) in [5, 5.41) is 5.98. The van der Waals surface area contributed by atoms with Crippen molar-refractivity contribution in [3.05, 3.63) is 42.2 Å². The first-order valence-corrected chi connectivity index (χ1v) is 10.1. The van der Waals surface area contributed by atoms with E-state index in [-0.39, 0.29) is 12.0 Å². The van der Waals surface area contributed by atoms with Crippen LogP contribution in [0.2, 0.25) is 0 Å². The molecule has 0 aliphatic carbocycles. The first-order valence-electron chi connectivity index (χ1n) is 10.1. The maximum Gasteiger partial charge on any atom is 0.411 e. The molecule has 1 aliphatic rings. The number of carbonyl (C=O) groups excluding carboxylic acids is 2. The molecule has 0 radical (unpaired) electrons. The quantitative estimate of drug-likeness (QED) is 0.656. The van der Waals surface area contributed by atoms with E-state index in [9.17, 15) is 9.59 Å². The second kappa shape index (κ2) is 10.1. The topological polar surface area (TPSA) is 116 Å². The number of esters is 1. The van der Waals surface area contributed by atoms with Crippen LogP contribution in [0.1, 0.15) is 44.2 Å². The van der Waals surface area contributed by atoms with Crippen LogP contribution in [-0.4, -0.2) is 36.8 Å². The number of rotatable bonds is 3. The Kier molecular flexibility index (Phi) is 7.24. The average Bonchev–Trinajstić information content (AvgIpc) is 2.75. The molecule has 1 aromatic heterocycles. The number of aromatic nitrogens is 1. The smallest absolute Gasteiger partial charge is 0.411 e. The van der Waals surface area contributed by atoms with Gasteiger partial charge in [-0.15, -0.1) is 0 Å². The summed E-state index contributed by atoms with van der Waals surface area (Å²) in [6.07, 6.45) is 6.13. The number of amides is 1. The van der Waals surface area contributed by atoms with E-state index in [4.69, 9.17) is 10.5 Å². The van der Waals surface area contributed by atoms with Gasteiger partial charge in [0.25, 0.3) is 0 Å². The van der Waals surface area contributed by atoms with Crippen molar-refractivity contribution in [3.63, 3.8) is 0 Å². The van der Waals surface area contributed by atoms with Gasteiger partial charge in [0, 0.05) is 40.9 Å². The Hall–Kier alpha value is -3.13. The van der Waals surface area contributed by atoms with Crippen molar-refractivity contribution in [2.75, 3.05) is 24.4 Å². The SMILES string of the molecule is CCOC(=O)C1CCCCC(N)c2cncc(c2)-c2ccc(NC(=O)OC)cc2N1. The van der Waals surface area contributed by atoms with Gasteiger partial charge in [0.1, 0.15) is 6.04 Å². The van der Waals surface area contributed by atoms with Gasteiger partial charge in [-0.05, 0) is 43.5 Å². The molecule has 8 heteroatoms. The molecule has 3 rings (SSSR count). The van der Waals surface area contributed by atoms with Gasteiger partial charge >= 0.3 is 12.1 Å². The lowest BCUT2D eigenvalue weighted by atomic mass is 9.96. The molecule has 0 saturated heterocycles. The number of benzene rings is 1. The van der Waals surface area contributed by atoms with Crippen LogP contribution < -0.4 is 16.4 Å². The lowest BCUT2D eigenvalue weighted by Gasteiger charge is -2.23. The Bertz CT molecular complexity index is 902. The average molecular weight is 412 g/mol. The van der Waals surface area contributed by atoms with E-state index >= 15 is 0 Å². The number of ether oxygens (including phenoxy) is 2. The zero-order valence-electron chi connectivity index (χ0n) is 17.3. The first-order chi connectivity index (χ1) is 14.5. The van der Waals surface area contributed by atoms with E-state index in [1.807, 2.05) is 12.1 Å². The molecule has 0 saturated carbocycles. The molecule has 160 valence electrons. The zero-order chi connectivity index (χ0) is 21.5. The molecule has 1 amide bonds. The van der Waals surface area contributed by atoms with Gasteiger partial charge < -0.3 is 20.5 Å². The van der Waals surface area contributed by atoms with E-state index < -0.39 is 12.1 Å². The fourth-order valence-electron chi connectivity index (χ4n) is 3.53. The van der Waals surface area contributed by atoms with Gasteiger partial charge in [-0.1, -0.05) is 18.9 Å². The molecule has 2 bridgehead atoms. The van der Waals surface area contributed by atoms with Crippen molar-refractivity contribution in [3.8, 4) is 11.1 Å². The molecule has 2 aromatic rings. The molecule has 0 spiro atoms. The minimum atomic E-state index is -0.570. The van der Waals surface area contributed by atoms with Crippen LogP contribution in [0.3, 0.4) is 0 Å².